The fraction of sp³-hybridized carbons (Fsp3) is 0.235. The zero-order chi connectivity index (χ0) is 16.4. The molecule has 2 aliphatic rings. The lowest BCUT2D eigenvalue weighted by Crippen LogP contribution is -2.37. The molecule has 3 rings (SSSR count). The largest absolute Gasteiger partial charge is 0.363 e. The van der Waals surface area contributed by atoms with Crippen LogP contribution in [0.1, 0.15) is 18.9 Å². The lowest BCUT2D eigenvalue weighted by atomic mass is 10.2. The molecule has 0 spiro atoms. The van der Waals surface area contributed by atoms with Crippen LogP contribution in [0.5, 0.6) is 0 Å². The molecule has 4 nitrogen and oxygen atoms in total. The number of allylic oxidation sites excluding steroid dienone is 3. The number of benzene rings is 1. The van der Waals surface area contributed by atoms with Gasteiger partial charge in [-0.05, 0) is 36.3 Å². The summed E-state index contributed by atoms with van der Waals surface area (Å²) in [6.45, 7) is 2.47. The Morgan fingerprint density at radius 3 is 2.74 bits per heavy atom. The summed E-state index contributed by atoms with van der Waals surface area (Å²) in [5.74, 6) is -0.108. The van der Waals surface area contributed by atoms with Gasteiger partial charge < -0.3 is 15.5 Å². The van der Waals surface area contributed by atoms with Gasteiger partial charge in [-0.1, -0.05) is 42.3 Å². The molecule has 2 heterocycles. The summed E-state index contributed by atoms with van der Waals surface area (Å²) in [5, 5.41) is 7.63. The number of nitrogens with one attached hydrogen (secondary N) is 2. The van der Waals surface area contributed by atoms with Crippen molar-refractivity contribution < 1.29 is 4.79 Å². The van der Waals surface area contributed by atoms with E-state index in [1.807, 2.05) is 48.4 Å². The van der Waals surface area contributed by atoms with Gasteiger partial charge in [0, 0.05) is 28.5 Å². The van der Waals surface area contributed by atoms with Crippen LogP contribution < -0.4 is 10.6 Å². The Hall–Kier alpha value is -1.91. The van der Waals surface area contributed by atoms with Gasteiger partial charge >= 0.3 is 0 Å². The van der Waals surface area contributed by atoms with Crippen LogP contribution in [-0.2, 0) is 11.3 Å². The Labute approximate surface area is 145 Å². The minimum atomic E-state index is -0.108. The van der Waals surface area contributed by atoms with Crippen LogP contribution in [0.4, 0.5) is 0 Å². The van der Waals surface area contributed by atoms with E-state index in [-0.39, 0.29) is 12.1 Å². The quantitative estimate of drug-likeness (QED) is 0.874. The molecule has 2 N–H and O–H groups in total. The lowest BCUT2D eigenvalue weighted by molar-refractivity contribution is -0.118. The maximum absolute atomic E-state index is 12.6. The van der Waals surface area contributed by atoms with Crippen molar-refractivity contribution in [1.29, 1.82) is 0 Å². The van der Waals surface area contributed by atoms with Gasteiger partial charge in [-0.25, -0.2) is 0 Å². The fourth-order valence-corrected chi connectivity index (χ4v) is 2.95. The molecule has 0 aromatic heterocycles. The Balaban J connectivity index is 1.72. The molecule has 1 aromatic rings. The monoisotopic (exact) mass is 349 g/mol. The number of fused-ring (bicyclic) bond motifs is 1. The molecule has 0 bridgehead atoms. The first-order chi connectivity index (χ1) is 11.1. The third kappa shape index (κ3) is 3.38. The summed E-state index contributed by atoms with van der Waals surface area (Å²) >= 11 is 11.9. The summed E-state index contributed by atoms with van der Waals surface area (Å²) in [5.41, 5.74) is 2.56. The molecule has 0 saturated heterocycles. The van der Waals surface area contributed by atoms with Crippen LogP contribution in [0.2, 0.25) is 5.02 Å². The summed E-state index contributed by atoms with van der Waals surface area (Å²) in [4.78, 5) is 14.5. The molecular weight excluding hydrogens is 333 g/mol. The predicted molar refractivity (Wildman–Crippen MR) is 92.5 cm³/mol. The van der Waals surface area contributed by atoms with Crippen molar-refractivity contribution in [2.45, 2.75) is 26.1 Å². The normalized spacial score (nSPS) is 19.3. The Bertz CT molecular complexity index is 707. The van der Waals surface area contributed by atoms with Crippen LogP contribution in [0.15, 0.2) is 59.0 Å². The van der Waals surface area contributed by atoms with E-state index < -0.39 is 0 Å². The third-order valence-electron chi connectivity index (χ3n) is 3.81. The fourth-order valence-electron chi connectivity index (χ4n) is 2.65. The number of halogens is 2. The smallest absolute Gasteiger partial charge is 0.270 e. The molecule has 1 aromatic carbocycles. The standard InChI is InChI=1S/C17H17Cl2N3O/c1-2-14-16(22-8-7-13(19)9-15(22)21-14)17(23)20-10-11-3-5-12(18)6-4-11/h3-9,15,21H,2,10H2,1H3,(H,20,23). The van der Waals surface area contributed by atoms with Crippen LogP contribution in [0, 0.1) is 0 Å². The van der Waals surface area contributed by atoms with Gasteiger partial charge in [0.15, 0.2) is 0 Å². The first-order valence-corrected chi connectivity index (χ1v) is 8.20. The second-order valence-electron chi connectivity index (χ2n) is 5.35. The highest BCUT2D eigenvalue weighted by atomic mass is 35.5. The van der Waals surface area contributed by atoms with Crippen LogP contribution in [0.25, 0.3) is 0 Å². The first-order valence-electron chi connectivity index (χ1n) is 7.44. The number of carbonyl (C=O) groups is 1. The second kappa shape index (κ2) is 6.69. The Morgan fingerprint density at radius 2 is 2.04 bits per heavy atom. The Kier molecular flexibility index (Phi) is 4.64. The molecule has 6 heteroatoms. The van der Waals surface area contributed by atoms with Crippen molar-refractivity contribution in [2.24, 2.45) is 0 Å². The van der Waals surface area contributed by atoms with Gasteiger partial charge in [0.1, 0.15) is 11.9 Å². The van der Waals surface area contributed by atoms with Crippen molar-refractivity contribution in [3.8, 4) is 0 Å². The van der Waals surface area contributed by atoms with Crippen molar-refractivity contribution in [2.75, 3.05) is 0 Å². The molecule has 0 saturated carbocycles. The third-order valence-corrected chi connectivity index (χ3v) is 4.32. The number of rotatable bonds is 4. The highest BCUT2D eigenvalue weighted by molar-refractivity contribution is 6.31. The molecule has 0 fully saturated rings. The minimum Gasteiger partial charge on any atom is -0.363 e. The SMILES string of the molecule is CCC1=C(C(=O)NCc2ccc(Cl)cc2)N2C=CC(Cl)=CC2N1. The van der Waals surface area contributed by atoms with E-state index in [0.29, 0.717) is 22.3 Å². The van der Waals surface area contributed by atoms with Gasteiger partial charge in [-0.2, -0.15) is 0 Å². The summed E-state index contributed by atoms with van der Waals surface area (Å²) in [7, 11) is 0. The molecule has 1 atom stereocenters. The van der Waals surface area contributed by atoms with Crippen LogP contribution in [-0.4, -0.2) is 17.0 Å². The summed E-state index contributed by atoms with van der Waals surface area (Å²) < 4.78 is 0. The van der Waals surface area contributed by atoms with Crippen molar-refractivity contribution in [3.63, 3.8) is 0 Å². The predicted octanol–water partition coefficient (Wildman–Crippen LogP) is 3.46. The van der Waals surface area contributed by atoms with Gasteiger partial charge in [-0.3, -0.25) is 4.79 Å². The van der Waals surface area contributed by atoms with E-state index in [0.717, 1.165) is 17.7 Å². The van der Waals surface area contributed by atoms with Crippen molar-refractivity contribution >= 4 is 29.1 Å². The summed E-state index contributed by atoms with van der Waals surface area (Å²) in [6, 6.07) is 7.42. The van der Waals surface area contributed by atoms with Crippen LogP contribution in [0.3, 0.4) is 0 Å². The highest BCUT2D eigenvalue weighted by Gasteiger charge is 2.33. The molecule has 0 radical (unpaired) electrons. The number of nitrogens with zero attached hydrogens (tertiary/aromatic N) is 1. The molecule has 120 valence electrons. The van der Waals surface area contributed by atoms with Gasteiger partial charge in [0.05, 0.1) is 0 Å². The van der Waals surface area contributed by atoms with E-state index >= 15 is 0 Å². The highest BCUT2D eigenvalue weighted by Crippen LogP contribution is 2.28. The van der Waals surface area contributed by atoms with Crippen molar-refractivity contribution in [3.05, 3.63) is 69.6 Å². The van der Waals surface area contributed by atoms with Crippen LogP contribution >= 0.6 is 23.2 Å². The number of carbonyl (C=O) groups excluding carboxylic acids is 1. The average molecular weight is 350 g/mol. The molecule has 1 amide bonds. The Morgan fingerprint density at radius 1 is 1.30 bits per heavy atom. The van der Waals surface area contributed by atoms with E-state index in [4.69, 9.17) is 23.2 Å². The molecule has 23 heavy (non-hydrogen) atoms. The van der Waals surface area contributed by atoms with Gasteiger partial charge in [0.2, 0.25) is 0 Å². The molecule has 1 unspecified atom stereocenters. The van der Waals surface area contributed by atoms with Gasteiger partial charge in [-0.15, -0.1) is 0 Å². The molecular formula is C17H17Cl2N3O. The van der Waals surface area contributed by atoms with Crippen molar-refractivity contribution in [1.82, 2.24) is 15.5 Å². The minimum absolute atomic E-state index is 0.0984. The van der Waals surface area contributed by atoms with E-state index in [1.54, 1.807) is 6.08 Å². The second-order valence-corrected chi connectivity index (χ2v) is 6.23. The zero-order valence-electron chi connectivity index (χ0n) is 12.6. The molecule has 0 aliphatic carbocycles. The average Bonchev–Trinajstić information content (AvgIpc) is 2.91. The van der Waals surface area contributed by atoms with E-state index in [2.05, 4.69) is 10.6 Å². The molecule has 2 aliphatic heterocycles. The number of hydrogen-bond acceptors (Lipinski definition) is 3. The van der Waals surface area contributed by atoms with E-state index in [1.165, 1.54) is 0 Å². The lowest BCUT2D eigenvalue weighted by Gasteiger charge is -2.25. The van der Waals surface area contributed by atoms with Gasteiger partial charge in [0.25, 0.3) is 5.91 Å². The number of hydrogen-bond donors (Lipinski definition) is 2. The van der Waals surface area contributed by atoms with E-state index in [9.17, 15) is 4.79 Å². The maximum atomic E-state index is 12.6. The first kappa shape index (κ1) is 16.0. The summed E-state index contributed by atoms with van der Waals surface area (Å²) in [6.07, 6.45) is 6.15. The number of amides is 1. The maximum Gasteiger partial charge on any atom is 0.270 e. The topological polar surface area (TPSA) is 44.4 Å². The zero-order valence-corrected chi connectivity index (χ0v) is 14.2.